The van der Waals surface area contributed by atoms with Gasteiger partial charge in [-0.1, -0.05) is 0 Å². The maximum absolute atomic E-state index is 12.1. The van der Waals surface area contributed by atoms with Crippen LogP contribution in [-0.2, 0) is 14.8 Å². The number of nitrogens with zero attached hydrogens (tertiary/aromatic N) is 2. The van der Waals surface area contributed by atoms with E-state index in [0.29, 0.717) is 25.9 Å². The SMILES string of the molecule is COCCS(=O)(=O)N1CCC(n2cccc2C(=O)O)CC1. The van der Waals surface area contributed by atoms with Gasteiger partial charge >= 0.3 is 5.97 Å². The van der Waals surface area contributed by atoms with E-state index in [4.69, 9.17) is 9.84 Å². The van der Waals surface area contributed by atoms with Crippen LogP contribution < -0.4 is 0 Å². The highest BCUT2D eigenvalue weighted by atomic mass is 32.2. The van der Waals surface area contributed by atoms with Gasteiger partial charge in [-0.25, -0.2) is 17.5 Å². The molecule has 1 aromatic rings. The number of carbonyl (C=O) groups is 1. The molecule has 0 spiro atoms. The summed E-state index contributed by atoms with van der Waals surface area (Å²) in [7, 11) is -1.81. The van der Waals surface area contributed by atoms with Crippen LogP contribution in [0.1, 0.15) is 29.4 Å². The Bertz CT molecular complexity index is 587. The van der Waals surface area contributed by atoms with Crippen molar-refractivity contribution in [1.29, 1.82) is 0 Å². The summed E-state index contributed by atoms with van der Waals surface area (Å²) >= 11 is 0. The number of aromatic carboxylic acids is 1. The van der Waals surface area contributed by atoms with E-state index in [1.165, 1.54) is 11.4 Å². The molecule has 1 N–H and O–H groups in total. The maximum Gasteiger partial charge on any atom is 0.352 e. The van der Waals surface area contributed by atoms with Crippen LogP contribution in [-0.4, -0.2) is 60.9 Å². The number of carboxylic acids is 1. The highest BCUT2D eigenvalue weighted by molar-refractivity contribution is 7.89. The zero-order valence-corrected chi connectivity index (χ0v) is 12.8. The summed E-state index contributed by atoms with van der Waals surface area (Å²) in [6.07, 6.45) is 2.96. The molecule has 0 unspecified atom stereocenters. The Morgan fingerprint density at radius 2 is 2.10 bits per heavy atom. The number of rotatable bonds is 6. The number of methoxy groups -OCH3 is 1. The normalized spacial score (nSPS) is 18.0. The summed E-state index contributed by atoms with van der Waals surface area (Å²) in [4.78, 5) is 11.1. The molecule has 1 fully saturated rings. The van der Waals surface area contributed by atoms with Crippen LogP contribution in [0.4, 0.5) is 0 Å². The van der Waals surface area contributed by atoms with E-state index in [2.05, 4.69) is 0 Å². The van der Waals surface area contributed by atoms with Gasteiger partial charge in [0.05, 0.1) is 12.4 Å². The van der Waals surface area contributed by atoms with Crippen LogP contribution >= 0.6 is 0 Å². The standard InChI is InChI=1S/C13H20N2O5S/c1-20-9-10-21(18,19)14-7-4-11(5-8-14)15-6-2-3-12(15)13(16)17/h2-3,6,11H,4-5,7-10H2,1H3,(H,16,17). The first-order valence-electron chi connectivity index (χ1n) is 6.82. The lowest BCUT2D eigenvalue weighted by atomic mass is 10.1. The van der Waals surface area contributed by atoms with Crippen molar-refractivity contribution in [3.8, 4) is 0 Å². The summed E-state index contributed by atoms with van der Waals surface area (Å²) < 4.78 is 32.1. The third kappa shape index (κ3) is 3.63. The molecule has 0 saturated carbocycles. The van der Waals surface area contributed by atoms with E-state index in [-0.39, 0.29) is 24.1 Å². The van der Waals surface area contributed by atoms with Gasteiger partial charge in [0, 0.05) is 32.4 Å². The van der Waals surface area contributed by atoms with Crippen LogP contribution in [0.5, 0.6) is 0 Å². The molecule has 118 valence electrons. The molecule has 1 aromatic heterocycles. The Kier molecular flexibility index (Phi) is 5.02. The topological polar surface area (TPSA) is 88.8 Å². The number of hydrogen-bond acceptors (Lipinski definition) is 4. The molecule has 0 aliphatic carbocycles. The summed E-state index contributed by atoms with van der Waals surface area (Å²) in [5, 5.41) is 9.12. The van der Waals surface area contributed by atoms with E-state index in [1.54, 1.807) is 22.9 Å². The Balaban J connectivity index is 2.00. The van der Waals surface area contributed by atoms with E-state index in [9.17, 15) is 13.2 Å². The molecule has 0 bridgehead atoms. The summed E-state index contributed by atoms with van der Waals surface area (Å²) in [6, 6.07) is 3.29. The quantitative estimate of drug-likeness (QED) is 0.838. The zero-order valence-electron chi connectivity index (χ0n) is 11.9. The minimum Gasteiger partial charge on any atom is -0.477 e. The second-order valence-corrected chi connectivity index (χ2v) is 7.13. The van der Waals surface area contributed by atoms with Gasteiger partial charge in [0.25, 0.3) is 0 Å². The van der Waals surface area contributed by atoms with E-state index in [1.807, 2.05) is 0 Å². The van der Waals surface area contributed by atoms with Gasteiger partial charge in [0.1, 0.15) is 5.69 Å². The van der Waals surface area contributed by atoms with E-state index in [0.717, 1.165) is 0 Å². The largest absolute Gasteiger partial charge is 0.477 e. The summed E-state index contributed by atoms with van der Waals surface area (Å²) in [5.74, 6) is -0.979. The first-order valence-corrected chi connectivity index (χ1v) is 8.43. The van der Waals surface area contributed by atoms with Gasteiger partial charge in [-0.2, -0.15) is 0 Å². The number of hydrogen-bond donors (Lipinski definition) is 1. The molecular weight excluding hydrogens is 296 g/mol. The van der Waals surface area contributed by atoms with Gasteiger partial charge < -0.3 is 14.4 Å². The molecule has 2 rings (SSSR count). The zero-order chi connectivity index (χ0) is 15.5. The first kappa shape index (κ1) is 16.0. The lowest BCUT2D eigenvalue weighted by molar-refractivity contribution is 0.0680. The van der Waals surface area contributed by atoms with Crippen molar-refractivity contribution >= 4 is 16.0 Å². The van der Waals surface area contributed by atoms with Crippen molar-refractivity contribution < 1.29 is 23.1 Å². The Labute approximate surface area is 124 Å². The van der Waals surface area contributed by atoms with E-state index >= 15 is 0 Å². The van der Waals surface area contributed by atoms with Gasteiger partial charge in [0.2, 0.25) is 10.0 Å². The molecule has 1 aliphatic heterocycles. The van der Waals surface area contributed by atoms with Gasteiger partial charge in [-0.3, -0.25) is 0 Å². The number of aromatic nitrogens is 1. The van der Waals surface area contributed by atoms with Gasteiger partial charge in [-0.05, 0) is 25.0 Å². The highest BCUT2D eigenvalue weighted by Gasteiger charge is 2.29. The highest BCUT2D eigenvalue weighted by Crippen LogP contribution is 2.26. The number of piperidine rings is 1. The molecule has 0 aromatic carbocycles. The number of ether oxygens (including phenoxy) is 1. The van der Waals surface area contributed by atoms with Crippen molar-refractivity contribution in [3.63, 3.8) is 0 Å². The Morgan fingerprint density at radius 1 is 1.43 bits per heavy atom. The fourth-order valence-electron chi connectivity index (χ4n) is 2.61. The monoisotopic (exact) mass is 316 g/mol. The summed E-state index contributed by atoms with van der Waals surface area (Å²) in [6.45, 7) is 1.00. The third-order valence-corrected chi connectivity index (χ3v) is 5.59. The number of carboxylic acid groups (broad SMARTS) is 1. The van der Waals surface area contributed by atoms with Crippen molar-refractivity contribution in [2.24, 2.45) is 0 Å². The second kappa shape index (κ2) is 6.59. The molecule has 0 radical (unpaired) electrons. The fourth-order valence-corrected chi connectivity index (χ4v) is 4.01. The first-order chi connectivity index (χ1) is 9.95. The molecule has 8 heteroatoms. The molecular formula is C13H20N2O5S. The van der Waals surface area contributed by atoms with Crippen LogP contribution in [0.15, 0.2) is 18.3 Å². The third-order valence-electron chi connectivity index (χ3n) is 3.75. The van der Waals surface area contributed by atoms with Crippen LogP contribution in [0.25, 0.3) is 0 Å². The molecule has 1 saturated heterocycles. The molecule has 2 heterocycles. The average molecular weight is 316 g/mol. The number of sulfonamides is 1. The smallest absolute Gasteiger partial charge is 0.352 e. The van der Waals surface area contributed by atoms with E-state index < -0.39 is 16.0 Å². The molecule has 0 amide bonds. The average Bonchev–Trinajstić information content (AvgIpc) is 2.95. The van der Waals surface area contributed by atoms with Gasteiger partial charge in [-0.15, -0.1) is 0 Å². The molecule has 1 aliphatic rings. The van der Waals surface area contributed by atoms with Gasteiger partial charge in [0.15, 0.2) is 0 Å². The second-order valence-electron chi connectivity index (χ2n) is 5.04. The minimum atomic E-state index is -3.28. The maximum atomic E-state index is 12.1. The Hall–Kier alpha value is -1.38. The predicted octanol–water partition coefficient (Wildman–Crippen LogP) is 0.799. The Morgan fingerprint density at radius 3 is 2.67 bits per heavy atom. The fraction of sp³-hybridized carbons (Fsp3) is 0.615. The van der Waals surface area contributed by atoms with Crippen molar-refractivity contribution in [3.05, 3.63) is 24.0 Å². The lowest BCUT2D eigenvalue weighted by Gasteiger charge is -2.32. The van der Waals surface area contributed by atoms with Crippen molar-refractivity contribution in [1.82, 2.24) is 8.87 Å². The van der Waals surface area contributed by atoms with Crippen molar-refractivity contribution in [2.75, 3.05) is 32.6 Å². The molecule has 7 nitrogen and oxygen atoms in total. The minimum absolute atomic E-state index is 0.0158. The van der Waals surface area contributed by atoms with Crippen LogP contribution in [0.3, 0.4) is 0 Å². The van der Waals surface area contributed by atoms with Crippen LogP contribution in [0.2, 0.25) is 0 Å². The molecule has 21 heavy (non-hydrogen) atoms. The van der Waals surface area contributed by atoms with Crippen molar-refractivity contribution in [2.45, 2.75) is 18.9 Å². The summed E-state index contributed by atoms with van der Waals surface area (Å²) in [5.41, 5.74) is 0.246. The lowest BCUT2D eigenvalue weighted by Crippen LogP contribution is -2.41. The predicted molar refractivity (Wildman–Crippen MR) is 76.9 cm³/mol. The van der Waals surface area contributed by atoms with Crippen LogP contribution in [0, 0.1) is 0 Å². The molecule has 0 atom stereocenters.